The molecule has 0 saturated carbocycles. The van der Waals surface area contributed by atoms with E-state index < -0.39 is 11.6 Å². The summed E-state index contributed by atoms with van der Waals surface area (Å²) in [7, 11) is 0. The van der Waals surface area contributed by atoms with E-state index in [1.54, 1.807) is 12.1 Å². The van der Waals surface area contributed by atoms with Gasteiger partial charge in [-0.3, -0.25) is 0 Å². The molecular formula is C34H41F3N6O3. The fraction of sp³-hybridized carbons (Fsp3) is 0.382. The molecule has 0 amide bonds. The van der Waals surface area contributed by atoms with Gasteiger partial charge in [-0.15, -0.1) is 0 Å². The predicted molar refractivity (Wildman–Crippen MR) is 173 cm³/mol. The van der Waals surface area contributed by atoms with Crippen LogP contribution in [0.1, 0.15) is 41.5 Å². The van der Waals surface area contributed by atoms with Gasteiger partial charge in [-0.2, -0.15) is 0 Å². The number of hydrogen-bond acceptors (Lipinski definition) is 9. The number of ether oxygens (including phenoxy) is 3. The molecule has 3 aliphatic rings. The second-order valence-corrected chi connectivity index (χ2v) is 11.2. The van der Waals surface area contributed by atoms with Crippen molar-refractivity contribution in [2.75, 3.05) is 19.8 Å². The van der Waals surface area contributed by atoms with Crippen LogP contribution in [0.3, 0.4) is 0 Å². The molecule has 0 saturated heterocycles. The molecule has 0 fully saturated rings. The van der Waals surface area contributed by atoms with E-state index in [2.05, 4.69) is 46.2 Å². The van der Waals surface area contributed by atoms with Crippen LogP contribution in [0.5, 0.6) is 0 Å². The first-order chi connectivity index (χ1) is 22.1. The summed E-state index contributed by atoms with van der Waals surface area (Å²) in [6.07, 6.45) is 4.90. The van der Waals surface area contributed by atoms with Crippen molar-refractivity contribution in [3.63, 3.8) is 0 Å². The molecule has 9 nitrogen and oxygen atoms in total. The summed E-state index contributed by atoms with van der Waals surface area (Å²) < 4.78 is 53.7. The molecule has 3 aliphatic heterocycles. The number of hydrogen-bond donors (Lipinski definition) is 3. The zero-order valence-electron chi connectivity index (χ0n) is 25.9. The number of rotatable bonds is 9. The van der Waals surface area contributed by atoms with Gasteiger partial charge in [0.05, 0.1) is 18.1 Å². The van der Waals surface area contributed by atoms with Gasteiger partial charge in [0.25, 0.3) is 18.1 Å². The van der Waals surface area contributed by atoms with Crippen molar-refractivity contribution in [1.82, 2.24) is 0 Å². The number of halogens is 3. The van der Waals surface area contributed by atoms with Crippen molar-refractivity contribution in [3.8, 4) is 0 Å². The summed E-state index contributed by atoms with van der Waals surface area (Å²) in [6.45, 7) is 3.76. The van der Waals surface area contributed by atoms with Crippen molar-refractivity contribution in [2.45, 2.75) is 63.6 Å². The summed E-state index contributed by atoms with van der Waals surface area (Å²) in [5.74, 6) is -1.31. The third-order valence-electron chi connectivity index (χ3n) is 7.55. The van der Waals surface area contributed by atoms with Crippen LogP contribution < -0.4 is 17.2 Å². The fourth-order valence-electron chi connectivity index (χ4n) is 5.08. The molecule has 6 rings (SSSR count). The Hall–Kier alpha value is -4.74. The Labute approximate surface area is 267 Å². The summed E-state index contributed by atoms with van der Waals surface area (Å²) in [4.78, 5) is 12.3. The highest BCUT2D eigenvalue weighted by Gasteiger charge is 2.18. The fourth-order valence-corrected chi connectivity index (χ4v) is 5.08. The van der Waals surface area contributed by atoms with Crippen LogP contribution in [0.2, 0.25) is 0 Å². The van der Waals surface area contributed by atoms with Crippen LogP contribution in [-0.4, -0.2) is 56.0 Å². The highest BCUT2D eigenvalue weighted by molar-refractivity contribution is 5.73. The SMILES string of the molecule is Cc1ccccc1CC[C@H]1COC(N)=N1.NC1=N[C@@H](CCc2cc(F)cc(F)c2)CO1.NC1=N[C@@H](CCc2cccc(F)c2)CO1. The van der Waals surface area contributed by atoms with Crippen molar-refractivity contribution in [2.24, 2.45) is 32.2 Å². The number of nitrogens with two attached hydrogens (primary N) is 3. The summed E-state index contributed by atoms with van der Waals surface area (Å²) in [6, 6.07) is 19.7. The molecule has 3 aromatic rings. The molecule has 0 spiro atoms. The molecule has 0 aliphatic carbocycles. The van der Waals surface area contributed by atoms with Crippen LogP contribution in [0.25, 0.3) is 0 Å². The van der Waals surface area contributed by atoms with Gasteiger partial charge in [0.1, 0.15) is 37.3 Å². The molecule has 46 heavy (non-hydrogen) atoms. The van der Waals surface area contributed by atoms with Crippen LogP contribution >= 0.6 is 0 Å². The van der Waals surface area contributed by atoms with E-state index >= 15 is 0 Å². The lowest BCUT2D eigenvalue weighted by atomic mass is 10.0. The van der Waals surface area contributed by atoms with Crippen molar-refractivity contribution >= 4 is 18.1 Å². The molecule has 3 aromatic carbocycles. The molecule has 6 N–H and O–H groups in total. The maximum atomic E-state index is 12.9. The minimum atomic E-state index is -0.555. The van der Waals surface area contributed by atoms with Gasteiger partial charge in [0.15, 0.2) is 0 Å². The molecule has 3 heterocycles. The largest absolute Gasteiger partial charge is 0.463 e. The zero-order valence-corrected chi connectivity index (χ0v) is 25.9. The van der Waals surface area contributed by atoms with Crippen molar-refractivity contribution in [1.29, 1.82) is 0 Å². The summed E-state index contributed by atoms with van der Waals surface area (Å²) in [5, 5.41) is 0. The van der Waals surface area contributed by atoms with Gasteiger partial charge >= 0.3 is 0 Å². The van der Waals surface area contributed by atoms with Gasteiger partial charge in [0, 0.05) is 6.07 Å². The third kappa shape index (κ3) is 11.6. The van der Waals surface area contributed by atoms with Gasteiger partial charge in [-0.25, -0.2) is 28.1 Å². The Kier molecular flexibility index (Phi) is 12.7. The van der Waals surface area contributed by atoms with E-state index in [0.717, 1.165) is 37.3 Å². The molecule has 3 atom stereocenters. The highest BCUT2D eigenvalue weighted by Crippen LogP contribution is 2.16. The van der Waals surface area contributed by atoms with Gasteiger partial charge in [-0.1, -0.05) is 36.4 Å². The molecule has 0 radical (unpaired) electrons. The second-order valence-electron chi connectivity index (χ2n) is 11.2. The maximum Gasteiger partial charge on any atom is 0.282 e. The minimum absolute atomic E-state index is 0.00803. The lowest BCUT2D eigenvalue weighted by molar-refractivity contribution is 0.307. The Bertz CT molecular complexity index is 1510. The smallest absolute Gasteiger partial charge is 0.282 e. The number of nitrogens with zero attached hydrogens (tertiary/aromatic N) is 3. The summed E-state index contributed by atoms with van der Waals surface area (Å²) in [5.41, 5.74) is 20.5. The number of aliphatic imine (C=N–C) groups is 3. The average molecular weight is 639 g/mol. The average Bonchev–Trinajstić information content (AvgIpc) is 3.76. The van der Waals surface area contributed by atoms with E-state index in [1.807, 2.05) is 6.07 Å². The van der Waals surface area contributed by atoms with E-state index in [-0.39, 0.29) is 36.0 Å². The van der Waals surface area contributed by atoms with Crippen molar-refractivity contribution in [3.05, 3.63) is 106 Å². The molecule has 246 valence electrons. The van der Waals surface area contributed by atoms with Crippen LogP contribution in [-0.2, 0) is 33.5 Å². The van der Waals surface area contributed by atoms with Crippen LogP contribution in [0.4, 0.5) is 13.2 Å². The Morgan fingerprint density at radius 2 is 1.07 bits per heavy atom. The van der Waals surface area contributed by atoms with Crippen molar-refractivity contribution < 1.29 is 27.4 Å². The van der Waals surface area contributed by atoms with E-state index in [9.17, 15) is 13.2 Å². The molecule has 12 heteroatoms. The molecule has 0 aromatic heterocycles. The standard InChI is InChI=1S/C12H16N2O.C11H12F2N2O.C11H13FN2O/c1-9-4-2-3-5-10(9)6-7-11-8-15-12(13)14-11;12-8-3-7(4-9(13)5-8)1-2-10-6-16-11(14)15-10;12-9-3-1-2-8(6-9)4-5-10-7-15-11(13)14-10/h2-5,11H,6-8H2,1H3,(H2,13,14);3-5,10H,1-2,6H2,(H2,14,15);1-3,6,10H,4-5,7H2,(H2,13,14)/t11-;2*10-/m000/s1. The monoisotopic (exact) mass is 638 g/mol. The Morgan fingerprint density at radius 3 is 1.54 bits per heavy atom. The zero-order chi connectivity index (χ0) is 32.9. The van der Waals surface area contributed by atoms with Crippen LogP contribution in [0.15, 0.2) is 81.7 Å². The summed E-state index contributed by atoms with van der Waals surface area (Å²) >= 11 is 0. The first kappa shape index (κ1) is 34.1. The van der Waals surface area contributed by atoms with Gasteiger partial charge < -0.3 is 31.4 Å². The van der Waals surface area contributed by atoms with Gasteiger partial charge in [0.2, 0.25) is 0 Å². The molecular weight excluding hydrogens is 597 g/mol. The Morgan fingerprint density at radius 1 is 0.587 bits per heavy atom. The third-order valence-corrected chi connectivity index (χ3v) is 7.55. The maximum absolute atomic E-state index is 12.9. The van der Waals surface area contributed by atoms with Gasteiger partial charge in [-0.05, 0) is 92.0 Å². The molecule has 0 unspecified atom stereocenters. The van der Waals surface area contributed by atoms with E-state index in [4.69, 9.17) is 31.4 Å². The lowest BCUT2D eigenvalue weighted by Gasteiger charge is -2.07. The molecule has 0 bridgehead atoms. The normalized spacial score (nSPS) is 19.7. The number of aryl methyl sites for hydroxylation is 4. The quantitative estimate of drug-likeness (QED) is 0.310. The number of amidine groups is 3. The van der Waals surface area contributed by atoms with Crippen LogP contribution in [0, 0.1) is 24.4 Å². The lowest BCUT2D eigenvalue weighted by Crippen LogP contribution is -2.10. The minimum Gasteiger partial charge on any atom is -0.463 e. The first-order valence-electron chi connectivity index (χ1n) is 15.2. The topological polar surface area (TPSA) is 143 Å². The second kappa shape index (κ2) is 17.1. The predicted octanol–water partition coefficient (Wildman–Crippen LogP) is 4.72. The first-order valence-corrected chi connectivity index (χ1v) is 15.2. The highest BCUT2D eigenvalue weighted by atomic mass is 19.1. The van der Waals surface area contributed by atoms with E-state index in [1.165, 1.54) is 29.3 Å². The Balaban J connectivity index is 0.000000157. The number of benzene rings is 3. The van der Waals surface area contributed by atoms with E-state index in [0.29, 0.717) is 44.2 Å².